The zero-order valence-electron chi connectivity index (χ0n) is 16.5. The summed E-state index contributed by atoms with van der Waals surface area (Å²) in [6.45, 7) is 0.705. The van der Waals surface area contributed by atoms with Crippen molar-refractivity contribution in [2.24, 2.45) is 0 Å². The highest BCUT2D eigenvalue weighted by Crippen LogP contribution is 2.38. The third-order valence-electron chi connectivity index (χ3n) is 4.96. The molecule has 0 saturated heterocycles. The van der Waals surface area contributed by atoms with Crippen LogP contribution in [0.3, 0.4) is 0 Å². The largest absolute Gasteiger partial charge is 0.493 e. The van der Waals surface area contributed by atoms with E-state index in [1.165, 1.54) is 6.33 Å². The lowest BCUT2D eigenvalue weighted by molar-refractivity contribution is -0.122. The number of hydrogen-bond acceptors (Lipinski definition) is 6. The Labute approximate surface area is 165 Å². The van der Waals surface area contributed by atoms with E-state index in [4.69, 9.17) is 14.2 Å². The summed E-state index contributed by atoms with van der Waals surface area (Å²) < 4.78 is 18.6. The molecule has 0 unspecified atom stereocenters. The van der Waals surface area contributed by atoms with Gasteiger partial charge in [-0.1, -0.05) is 6.07 Å². The van der Waals surface area contributed by atoms with Crippen LogP contribution in [-0.4, -0.2) is 47.0 Å². The number of aryl methyl sites for hydroxylation is 1. The van der Waals surface area contributed by atoms with E-state index in [-0.39, 0.29) is 18.1 Å². The molecular formula is C20H28N4O4. The molecule has 1 N–H and O–H groups in total. The van der Waals surface area contributed by atoms with Gasteiger partial charge in [-0.3, -0.25) is 9.48 Å². The van der Waals surface area contributed by atoms with Crippen molar-refractivity contribution in [1.82, 2.24) is 20.1 Å². The molecule has 1 saturated carbocycles. The molecule has 1 aromatic carbocycles. The van der Waals surface area contributed by atoms with Crippen LogP contribution in [0.25, 0.3) is 0 Å². The molecule has 152 valence electrons. The minimum Gasteiger partial charge on any atom is -0.493 e. The highest BCUT2D eigenvalue weighted by molar-refractivity contribution is 5.76. The van der Waals surface area contributed by atoms with E-state index < -0.39 is 0 Å². The summed E-state index contributed by atoms with van der Waals surface area (Å²) in [6.07, 6.45) is 8.13. The molecule has 0 bridgehead atoms. The highest BCUT2D eigenvalue weighted by atomic mass is 16.5. The molecular weight excluding hydrogens is 360 g/mol. The molecule has 3 rings (SSSR count). The lowest BCUT2D eigenvalue weighted by Gasteiger charge is -2.30. The zero-order valence-corrected chi connectivity index (χ0v) is 16.5. The van der Waals surface area contributed by atoms with Crippen LogP contribution in [0, 0.1) is 0 Å². The predicted octanol–water partition coefficient (Wildman–Crippen LogP) is 2.58. The van der Waals surface area contributed by atoms with E-state index in [9.17, 15) is 4.79 Å². The van der Waals surface area contributed by atoms with Crippen molar-refractivity contribution >= 4 is 5.91 Å². The number of ether oxygens (including phenoxy) is 3. The number of benzene rings is 1. The second-order valence-corrected chi connectivity index (χ2v) is 6.91. The van der Waals surface area contributed by atoms with Crippen LogP contribution in [-0.2, 0) is 11.3 Å². The maximum atomic E-state index is 12.1. The van der Waals surface area contributed by atoms with Crippen LogP contribution >= 0.6 is 0 Å². The van der Waals surface area contributed by atoms with E-state index in [0.717, 1.165) is 32.1 Å². The van der Waals surface area contributed by atoms with Crippen LogP contribution in [0.5, 0.6) is 17.2 Å². The van der Waals surface area contributed by atoms with Crippen molar-refractivity contribution in [1.29, 1.82) is 0 Å². The molecule has 0 aliphatic heterocycles. The second kappa shape index (κ2) is 9.96. The van der Waals surface area contributed by atoms with Crippen LogP contribution in [0.15, 0.2) is 30.9 Å². The number of aromatic nitrogens is 3. The van der Waals surface area contributed by atoms with Gasteiger partial charge in [-0.25, -0.2) is 4.98 Å². The van der Waals surface area contributed by atoms with Gasteiger partial charge in [-0.15, -0.1) is 0 Å². The molecule has 1 aliphatic carbocycles. The van der Waals surface area contributed by atoms with Gasteiger partial charge in [0.2, 0.25) is 11.7 Å². The molecule has 1 heterocycles. The first-order chi connectivity index (χ1) is 13.7. The molecule has 0 atom stereocenters. The van der Waals surface area contributed by atoms with Gasteiger partial charge in [0.15, 0.2) is 11.5 Å². The minimum atomic E-state index is 0.0962. The number of nitrogens with one attached hydrogen (secondary N) is 1. The fraction of sp³-hybridized carbons (Fsp3) is 0.550. The maximum Gasteiger partial charge on any atom is 0.220 e. The first kappa shape index (κ1) is 20.0. The molecule has 0 radical (unpaired) electrons. The molecule has 8 nitrogen and oxygen atoms in total. The number of para-hydroxylation sites is 1. The Morgan fingerprint density at radius 1 is 1.18 bits per heavy atom. The molecule has 1 aliphatic rings. The Bertz CT molecular complexity index is 743. The van der Waals surface area contributed by atoms with E-state index >= 15 is 0 Å². The standard InChI is InChI=1S/C20H28N4O4/c1-26-17-5-3-6-18(20(17)27-2)28-16-10-8-15(9-11-16)23-19(25)7-4-12-24-14-21-13-22-24/h3,5-6,13-16H,4,7-12H2,1-2H3,(H,23,25). The molecule has 1 amide bonds. The third kappa shape index (κ3) is 5.37. The number of hydrogen-bond donors (Lipinski definition) is 1. The van der Waals surface area contributed by atoms with Crippen LogP contribution in [0.1, 0.15) is 38.5 Å². The summed E-state index contributed by atoms with van der Waals surface area (Å²) in [5, 5.41) is 7.18. The number of carbonyl (C=O) groups excluding carboxylic acids is 1. The molecule has 1 fully saturated rings. The number of carbonyl (C=O) groups is 1. The van der Waals surface area contributed by atoms with Crippen molar-refractivity contribution < 1.29 is 19.0 Å². The lowest BCUT2D eigenvalue weighted by Crippen LogP contribution is -2.39. The molecule has 2 aromatic rings. The van der Waals surface area contributed by atoms with Gasteiger partial charge in [0.1, 0.15) is 12.7 Å². The fourth-order valence-corrected chi connectivity index (χ4v) is 3.50. The normalized spacial score (nSPS) is 19.1. The quantitative estimate of drug-likeness (QED) is 0.710. The molecule has 8 heteroatoms. The summed E-state index contributed by atoms with van der Waals surface area (Å²) in [5.74, 6) is 2.07. The van der Waals surface area contributed by atoms with Gasteiger partial charge in [0.05, 0.1) is 20.3 Å². The fourth-order valence-electron chi connectivity index (χ4n) is 3.50. The molecule has 28 heavy (non-hydrogen) atoms. The average Bonchev–Trinajstić information content (AvgIpc) is 3.22. The Balaban J connectivity index is 1.40. The van der Waals surface area contributed by atoms with E-state index in [1.54, 1.807) is 25.2 Å². The Morgan fingerprint density at radius 2 is 1.96 bits per heavy atom. The number of amides is 1. The van der Waals surface area contributed by atoms with E-state index in [1.807, 2.05) is 18.2 Å². The first-order valence-electron chi connectivity index (χ1n) is 9.69. The summed E-state index contributed by atoms with van der Waals surface area (Å²) in [4.78, 5) is 16.0. The van der Waals surface area contributed by atoms with Crippen molar-refractivity contribution in [3.63, 3.8) is 0 Å². The number of methoxy groups -OCH3 is 2. The van der Waals surface area contributed by atoms with Gasteiger partial charge in [-0.05, 0) is 44.2 Å². The van der Waals surface area contributed by atoms with E-state index in [0.29, 0.717) is 30.2 Å². The average molecular weight is 388 g/mol. The van der Waals surface area contributed by atoms with Crippen molar-refractivity contribution in [3.8, 4) is 17.2 Å². The Kier molecular flexibility index (Phi) is 7.11. The monoisotopic (exact) mass is 388 g/mol. The highest BCUT2D eigenvalue weighted by Gasteiger charge is 2.25. The lowest BCUT2D eigenvalue weighted by atomic mass is 9.92. The Hall–Kier alpha value is -2.77. The van der Waals surface area contributed by atoms with Gasteiger partial charge in [-0.2, -0.15) is 5.10 Å². The predicted molar refractivity (Wildman–Crippen MR) is 104 cm³/mol. The zero-order chi connectivity index (χ0) is 19.8. The van der Waals surface area contributed by atoms with Crippen molar-refractivity contribution in [2.75, 3.05) is 14.2 Å². The topological polar surface area (TPSA) is 87.5 Å². The SMILES string of the molecule is COc1cccc(OC2CCC(NC(=O)CCCn3cncn3)CC2)c1OC. The summed E-state index contributed by atoms with van der Waals surface area (Å²) in [5.41, 5.74) is 0. The van der Waals surface area contributed by atoms with Gasteiger partial charge in [0.25, 0.3) is 0 Å². The Morgan fingerprint density at radius 3 is 2.64 bits per heavy atom. The summed E-state index contributed by atoms with van der Waals surface area (Å²) in [7, 11) is 3.22. The molecule has 1 aromatic heterocycles. The molecule has 0 spiro atoms. The second-order valence-electron chi connectivity index (χ2n) is 6.91. The summed E-state index contributed by atoms with van der Waals surface area (Å²) >= 11 is 0. The van der Waals surface area contributed by atoms with Crippen LogP contribution in [0.2, 0.25) is 0 Å². The van der Waals surface area contributed by atoms with Crippen molar-refractivity contribution in [2.45, 2.75) is 57.2 Å². The summed E-state index contributed by atoms with van der Waals surface area (Å²) in [6, 6.07) is 5.85. The smallest absolute Gasteiger partial charge is 0.220 e. The van der Waals surface area contributed by atoms with Crippen LogP contribution in [0.4, 0.5) is 0 Å². The van der Waals surface area contributed by atoms with Gasteiger partial charge < -0.3 is 19.5 Å². The van der Waals surface area contributed by atoms with Gasteiger partial charge in [0, 0.05) is 19.0 Å². The van der Waals surface area contributed by atoms with Crippen molar-refractivity contribution in [3.05, 3.63) is 30.9 Å². The number of rotatable bonds is 9. The first-order valence-corrected chi connectivity index (χ1v) is 9.69. The van der Waals surface area contributed by atoms with E-state index in [2.05, 4.69) is 15.4 Å². The third-order valence-corrected chi connectivity index (χ3v) is 4.96. The van der Waals surface area contributed by atoms with Crippen LogP contribution < -0.4 is 19.5 Å². The maximum absolute atomic E-state index is 12.1. The number of nitrogens with zero attached hydrogens (tertiary/aromatic N) is 3. The minimum absolute atomic E-state index is 0.0962. The van der Waals surface area contributed by atoms with Gasteiger partial charge >= 0.3 is 0 Å².